The van der Waals surface area contributed by atoms with Crippen LogP contribution in [0, 0.1) is 5.92 Å². The van der Waals surface area contributed by atoms with Gasteiger partial charge in [0.05, 0.1) is 7.11 Å². The summed E-state index contributed by atoms with van der Waals surface area (Å²) >= 11 is 0. The molecule has 1 aliphatic heterocycles. The van der Waals surface area contributed by atoms with Gasteiger partial charge in [0.2, 0.25) is 0 Å². The van der Waals surface area contributed by atoms with Gasteiger partial charge in [0.25, 0.3) is 0 Å². The van der Waals surface area contributed by atoms with Crippen LogP contribution < -0.4 is 10.1 Å². The van der Waals surface area contributed by atoms with Crippen molar-refractivity contribution >= 4 is 0 Å². The minimum atomic E-state index is 0.908. The topological polar surface area (TPSA) is 24.5 Å². The van der Waals surface area contributed by atoms with Gasteiger partial charge < -0.3 is 15.0 Å². The van der Waals surface area contributed by atoms with E-state index in [-0.39, 0.29) is 0 Å². The van der Waals surface area contributed by atoms with Crippen LogP contribution in [0.4, 0.5) is 0 Å². The van der Waals surface area contributed by atoms with E-state index in [1.807, 2.05) is 6.07 Å². The molecule has 1 saturated heterocycles. The second-order valence-corrected chi connectivity index (χ2v) is 5.59. The molecule has 19 heavy (non-hydrogen) atoms. The number of hydrogen-bond acceptors (Lipinski definition) is 3. The first kappa shape index (κ1) is 14.4. The van der Waals surface area contributed by atoms with E-state index in [1.165, 1.54) is 44.5 Å². The van der Waals surface area contributed by atoms with E-state index in [1.54, 1.807) is 7.11 Å². The second-order valence-electron chi connectivity index (χ2n) is 5.59. The van der Waals surface area contributed by atoms with Crippen molar-refractivity contribution in [1.29, 1.82) is 0 Å². The molecule has 3 nitrogen and oxygen atoms in total. The van der Waals surface area contributed by atoms with Gasteiger partial charge in [0.1, 0.15) is 5.75 Å². The van der Waals surface area contributed by atoms with Gasteiger partial charge in [-0.2, -0.15) is 0 Å². The molecule has 2 rings (SSSR count). The summed E-state index contributed by atoms with van der Waals surface area (Å²) in [5.74, 6) is 1.85. The highest BCUT2D eigenvalue weighted by Gasteiger charge is 2.13. The van der Waals surface area contributed by atoms with Crippen LogP contribution in [0.25, 0.3) is 0 Å². The minimum absolute atomic E-state index is 0.908. The van der Waals surface area contributed by atoms with Crippen molar-refractivity contribution in [2.45, 2.75) is 25.8 Å². The number of methoxy groups -OCH3 is 1. The van der Waals surface area contributed by atoms with Crippen LogP contribution in [0.15, 0.2) is 24.3 Å². The zero-order valence-corrected chi connectivity index (χ0v) is 12.2. The lowest BCUT2D eigenvalue weighted by molar-refractivity contribution is 0.307. The van der Waals surface area contributed by atoms with E-state index in [2.05, 4.69) is 35.5 Å². The summed E-state index contributed by atoms with van der Waals surface area (Å²) < 4.78 is 5.26. The van der Waals surface area contributed by atoms with Crippen molar-refractivity contribution in [3.05, 3.63) is 29.8 Å². The predicted octanol–water partition coefficient (Wildman–Crippen LogP) is 2.52. The van der Waals surface area contributed by atoms with Crippen molar-refractivity contribution in [1.82, 2.24) is 10.2 Å². The fraction of sp³-hybridized carbons (Fsp3) is 0.625. The van der Waals surface area contributed by atoms with Crippen molar-refractivity contribution in [3.8, 4) is 5.75 Å². The summed E-state index contributed by atoms with van der Waals surface area (Å²) in [6, 6.07) is 8.35. The van der Waals surface area contributed by atoms with Crippen LogP contribution >= 0.6 is 0 Å². The smallest absolute Gasteiger partial charge is 0.119 e. The number of ether oxygens (including phenoxy) is 1. The fourth-order valence-electron chi connectivity index (χ4n) is 2.77. The summed E-state index contributed by atoms with van der Waals surface area (Å²) in [7, 11) is 3.92. The summed E-state index contributed by atoms with van der Waals surface area (Å²) in [4.78, 5) is 2.40. The summed E-state index contributed by atoms with van der Waals surface area (Å²) in [6.07, 6.45) is 4.02. The molecule has 1 aromatic rings. The molecule has 1 aromatic carbocycles. The molecule has 1 aliphatic rings. The van der Waals surface area contributed by atoms with E-state index in [0.717, 1.165) is 18.2 Å². The largest absolute Gasteiger partial charge is 0.497 e. The lowest BCUT2D eigenvalue weighted by Gasteiger charge is -2.18. The first-order valence-corrected chi connectivity index (χ1v) is 7.30. The van der Waals surface area contributed by atoms with E-state index in [0.29, 0.717) is 0 Å². The Bertz CT molecular complexity index is 375. The molecule has 0 amide bonds. The normalized spacial score (nSPS) is 19.0. The third-order valence-electron chi connectivity index (χ3n) is 3.90. The first-order valence-electron chi connectivity index (χ1n) is 7.30. The zero-order chi connectivity index (χ0) is 13.5. The van der Waals surface area contributed by atoms with E-state index < -0.39 is 0 Å². The average molecular weight is 262 g/mol. The Balaban J connectivity index is 1.69. The number of rotatable bonds is 7. The molecule has 0 aliphatic carbocycles. The zero-order valence-electron chi connectivity index (χ0n) is 12.2. The Labute approximate surface area is 116 Å². The fourth-order valence-corrected chi connectivity index (χ4v) is 2.77. The molecular formula is C16H26N2O. The van der Waals surface area contributed by atoms with Crippen LogP contribution in [-0.4, -0.2) is 38.7 Å². The summed E-state index contributed by atoms with van der Waals surface area (Å²) in [6.45, 7) is 4.61. The maximum atomic E-state index is 5.26. The summed E-state index contributed by atoms with van der Waals surface area (Å²) in [5, 5.41) is 3.44. The quantitative estimate of drug-likeness (QED) is 0.817. The molecule has 3 heteroatoms. The number of nitrogens with zero attached hydrogens (tertiary/aromatic N) is 1. The molecule has 1 heterocycles. The minimum Gasteiger partial charge on any atom is -0.497 e. The molecule has 0 spiro atoms. The predicted molar refractivity (Wildman–Crippen MR) is 79.5 cm³/mol. The van der Waals surface area contributed by atoms with Gasteiger partial charge >= 0.3 is 0 Å². The average Bonchev–Trinajstić information content (AvgIpc) is 2.92. The Hall–Kier alpha value is -1.06. The van der Waals surface area contributed by atoms with Gasteiger partial charge in [-0.1, -0.05) is 12.1 Å². The van der Waals surface area contributed by atoms with Crippen LogP contribution in [0.5, 0.6) is 5.75 Å². The van der Waals surface area contributed by atoms with Gasteiger partial charge in [0, 0.05) is 6.54 Å². The molecule has 1 atom stereocenters. The first-order chi connectivity index (χ1) is 9.28. The van der Waals surface area contributed by atoms with E-state index in [9.17, 15) is 0 Å². The van der Waals surface area contributed by atoms with Crippen LogP contribution in [-0.2, 0) is 6.54 Å². The van der Waals surface area contributed by atoms with Gasteiger partial charge in [-0.3, -0.25) is 0 Å². The maximum absolute atomic E-state index is 5.26. The monoisotopic (exact) mass is 262 g/mol. The van der Waals surface area contributed by atoms with Crippen LogP contribution in [0.3, 0.4) is 0 Å². The molecule has 0 aromatic heterocycles. The Morgan fingerprint density at radius 1 is 1.42 bits per heavy atom. The summed E-state index contributed by atoms with van der Waals surface area (Å²) in [5.41, 5.74) is 1.32. The molecular weight excluding hydrogens is 236 g/mol. The van der Waals surface area contributed by atoms with Crippen molar-refractivity contribution in [2.24, 2.45) is 5.92 Å². The second kappa shape index (κ2) is 7.51. The molecule has 0 saturated carbocycles. The molecule has 1 N–H and O–H groups in total. The van der Waals surface area contributed by atoms with Gasteiger partial charge in [-0.15, -0.1) is 0 Å². The Kier molecular flexibility index (Phi) is 5.67. The molecule has 106 valence electrons. The lowest BCUT2D eigenvalue weighted by Crippen LogP contribution is -2.20. The lowest BCUT2D eigenvalue weighted by atomic mass is 10.0. The highest BCUT2D eigenvalue weighted by atomic mass is 16.5. The Morgan fingerprint density at radius 2 is 2.32 bits per heavy atom. The molecule has 1 unspecified atom stereocenters. The van der Waals surface area contributed by atoms with E-state index in [4.69, 9.17) is 4.74 Å². The highest BCUT2D eigenvalue weighted by Crippen LogP contribution is 2.16. The standard InChI is InChI=1S/C16H26N2O/c1-18(10-4-6-14-8-9-17-12-14)13-15-5-3-7-16(11-15)19-2/h3,5,7,11,14,17H,4,6,8-10,12-13H2,1-2H3. The van der Waals surface area contributed by atoms with Crippen molar-refractivity contribution in [3.63, 3.8) is 0 Å². The van der Waals surface area contributed by atoms with E-state index >= 15 is 0 Å². The maximum Gasteiger partial charge on any atom is 0.119 e. The number of hydrogen-bond donors (Lipinski definition) is 1. The van der Waals surface area contributed by atoms with Gasteiger partial charge in [-0.25, -0.2) is 0 Å². The highest BCUT2D eigenvalue weighted by molar-refractivity contribution is 5.28. The van der Waals surface area contributed by atoms with Crippen molar-refractivity contribution in [2.75, 3.05) is 33.8 Å². The number of nitrogens with one attached hydrogen (secondary N) is 1. The Morgan fingerprint density at radius 3 is 3.05 bits per heavy atom. The van der Waals surface area contributed by atoms with Crippen molar-refractivity contribution < 1.29 is 4.74 Å². The molecule has 0 radical (unpaired) electrons. The third kappa shape index (κ3) is 4.84. The van der Waals surface area contributed by atoms with Gasteiger partial charge in [-0.05, 0) is 69.6 Å². The van der Waals surface area contributed by atoms with Gasteiger partial charge in [0.15, 0.2) is 0 Å². The van der Waals surface area contributed by atoms with Crippen LogP contribution in [0.2, 0.25) is 0 Å². The third-order valence-corrected chi connectivity index (χ3v) is 3.90. The number of benzene rings is 1. The van der Waals surface area contributed by atoms with Crippen LogP contribution in [0.1, 0.15) is 24.8 Å². The molecule has 1 fully saturated rings. The SMILES string of the molecule is COc1cccc(CN(C)CCCC2CCNC2)c1. The molecule has 0 bridgehead atoms.